The van der Waals surface area contributed by atoms with E-state index in [0.717, 1.165) is 35.1 Å². The highest BCUT2D eigenvalue weighted by molar-refractivity contribution is 6.10. The maximum Gasteiger partial charge on any atom is 0.0561 e. The molecule has 1 spiro atoms. The van der Waals surface area contributed by atoms with E-state index in [2.05, 4.69) is 217 Å². The highest BCUT2D eigenvalue weighted by Gasteiger charge is 2.43. The summed E-state index contributed by atoms with van der Waals surface area (Å²) in [7, 11) is 0. The third-order valence-electron chi connectivity index (χ3n) is 13.5. The first kappa shape index (κ1) is 35.5. The zero-order valence-electron chi connectivity index (χ0n) is 33.9. The van der Waals surface area contributed by atoms with Gasteiger partial charge in [0.2, 0.25) is 0 Å². The lowest BCUT2D eigenvalue weighted by molar-refractivity contribution is 0.350. The van der Waals surface area contributed by atoms with Gasteiger partial charge in [-0.3, -0.25) is 0 Å². The van der Waals surface area contributed by atoms with Crippen LogP contribution >= 0.6 is 0 Å². The summed E-state index contributed by atoms with van der Waals surface area (Å²) in [6.07, 6.45) is 10.0. The molecule has 0 saturated heterocycles. The Bertz CT molecular complexity index is 3040. The second-order valence-corrected chi connectivity index (χ2v) is 16.9. The Morgan fingerprint density at radius 3 is 2.12 bits per heavy atom. The Kier molecular flexibility index (Phi) is 8.62. The highest BCUT2D eigenvalue weighted by Crippen LogP contribution is 2.56. The molecule has 0 fully saturated rings. The molecule has 3 unspecified atom stereocenters. The molecule has 0 saturated carbocycles. The Hall–Kier alpha value is -6.64. The second kappa shape index (κ2) is 14.3. The normalized spacial score (nSPS) is 19.1. The topological polar surface area (TPSA) is 8.17 Å². The molecule has 3 atom stereocenters. The summed E-state index contributed by atoms with van der Waals surface area (Å²) in [5, 5.41) is 4.96. The molecule has 8 aromatic carbocycles. The first-order chi connectivity index (χ1) is 29.1. The minimum Gasteiger partial charge on any atom is -0.310 e. The van der Waals surface area contributed by atoms with Crippen molar-refractivity contribution >= 4 is 49.6 Å². The van der Waals surface area contributed by atoms with Crippen molar-refractivity contribution in [1.82, 2.24) is 4.57 Å². The summed E-state index contributed by atoms with van der Waals surface area (Å²) < 4.78 is 2.41. The fourth-order valence-corrected chi connectivity index (χ4v) is 10.6. The minimum atomic E-state index is -0.0995. The molecule has 2 nitrogen and oxygen atoms in total. The predicted molar refractivity (Wildman–Crippen MR) is 251 cm³/mol. The first-order valence-electron chi connectivity index (χ1n) is 21.5. The number of nitrogens with zero attached hydrogens (tertiary/aromatic N) is 2. The van der Waals surface area contributed by atoms with Crippen LogP contribution in [0, 0.1) is 11.8 Å². The zero-order chi connectivity index (χ0) is 39.5. The van der Waals surface area contributed by atoms with Gasteiger partial charge in [-0.05, 0) is 130 Å². The number of hydrogen-bond donors (Lipinski definition) is 0. The molecule has 0 bridgehead atoms. The van der Waals surface area contributed by atoms with Gasteiger partial charge in [-0.2, -0.15) is 0 Å². The number of allylic oxidation sites excluding steroid dienone is 2. The monoisotopic (exact) mass is 760 g/mol. The molecule has 1 aromatic heterocycles. The lowest BCUT2D eigenvalue weighted by Gasteiger charge is -2.34. The number of fused-ring (bicyclic) bond motifs is 9. The van der Waals surface area contributed by atoms with Gasteiger partial charge in [-0.1, -0.05) is 160 Å². The molecule has 2 heteroatoms. The fourth-order valence-electron chi connectivity index (χ4n) is 10.6. The SMILES string of the molecule is CCC1CCC2(/C=C/C(C)C1)c1ccccc1-c1c(-c3ccc(N(c4ccc5ccccc5c4)c4ccc5c6ccccc6n(-c6ccccc6)c5c4)cc3)cccc12. The molecule has 0 amide bonds. The largest absolute Gasteiger partial charge is 0.310 e. The van der Waals surface area contributed by atoms with Gasteiger partial charge >= 0.3 is 0 Å². The summed E-state index contributed by atoms with van der Waals surface area (Å²) >= 11 is 0. The maximum absolute atomic E-state index is 2.58. The number of benzene rings is 8. The zero-order valence-corrected chi connectivity index (χ0v) is 33.9. The van der Waals surface area contributed by atoms with Crippen molar-refractivity contribution in [1.29, 1.82) is 0 Å². The van der Waals surface area contributed by atoms with Crippen molar-refractivity contribution < 1.29 is 0 Å². The maximum atomic E-state index is 2.58. The van der Waals surface area contributed by atoms with E-state index < -0.39 is 0 Å². The van der Waals surface area contributed by atoms with Gasteiger partial charge in [0.05, 0.1) is 11.0 Å². The van der Waals surface area contributed by atoms with Crippen molar-refractivity contribution in [2.75, 3.05) is 4.90 Å². The Labute approximate surface area is 347 Å². The molecule has 59 heavy (non-hydrogen) atoms. The van der Waals surface area contributed by atoms with E-state index in [1.807, 2.05) is 0 Å². The molecule has 1 heterocycles. The highest BCUT2D eigenvalue weighted by atomic mass is 15.1. The quantitative estimate of drug-likeness (QED) is 0.153. The number of anilines is 3. The van der Waals surface area contributed by atoms with E-state index in [-0.39, 0.29) is 5.41 Å². The molecule has 11 rings (SSSR count). The van der Waals surface area contributed by atoms with E-state index in [0.29, 0.717) is 5.92 Å². The lowest BCUT2D eigenvalue weighted by Crippen LogP contribution is -2.26. The molecule has 2 aliphatic carbocycles. The molecular formula is C57H48N2. The third kappa shape index (κ3) is 5.84. The first-order valence-corrected chi connectivity index (χ1v) is 21.5. The van der Waals surface area contributed by atoms with Crippen LogP contribution in [0.1, 0.15) is 50.7 Å². The van der Waals surface area contributed by atoms with Crippen molar-refractivity contribution in [3.63, 3.8) is 0 Å². The van der Waals surface area contributed by atoms with E-state index >= 15 is 0 Å². The minimum absolute atomic E-state index is 0.0995. The van der Waals surface area contributed by atoms with Crippen LogP contribution in [0.15, 0.2) is 194 Å². The van der Waals surface area contributed by atoms with Gasteiger partial charge in [0.1, 0.15) is 0 Å². The standard InChI is InChI=1S/C57H48N2/c1-3-40-33-35-57(34-32-39(2)36-40)52-21-11-9-19-51(52)56-48(20-13-22-53(56)57)42-25-27-45(28-26-42)58(46-29-24-41-14-7-8-15-43(41)37-46)47-30-31-50-49-18-10-12-23-54(49)59(55(50)38-47)44-16-5-4-6-17-44/h4-32,34,37-40H,3,33,35-36H2,1-2H3/b34-32+. The van der Waals surface area contributed by atoms with E-state index in [1.165, 1.54) is 85.2 Å². The van der Waals surface area contributed by atoms with Crippen molar-refractivity contribution in [3.8, 4) is 27.9 Å². The van der Waals surface area contributed by atoms with Crippen LogP contribution in [0.3, 0.4) is 0 Å². The molecule has 2 aliphatic rings. The summed E-state index contributed by atoms with van der Waals surface area (Å²) in [6, 6.07) is 67.6. The van der Waals surface area contributed by atoms with Gasteiger partial charge in [0.15, 0.2) is 0 Å². The van der Waals surface area contributed by atoms with E-state index in [4.69, 9.17) is 0 Å². The number of rotatable bonds is 6. The van der Waals surface area contributed by atoms with Gasteiger partial charge in [0.25, 0.3) is 0 Å². The summed E-state index contributed by atoms with van der Waals surface area (Å²) in [5.74, 6) is 1.34. The molecule has 9 aromatic rings. The van der Waals surface area contributed by atoms with Gasteiger partial charge in [-0.25, -0.2) is 0 Å². The van der Waals surface area contributed by atoms with Crippen LogP contribution < -0.4 is 4.90 Å². The fraction of sp³-hybridized carbons (Fsp3) is 0.158. The average Bonchev–Trinajstić information content (AvgIpc) is 3.77. The number of hydrogen-bond acceptors (Lipinski definition) is 1. The smallest absolute Gasteiger partial charge is 0.0561 e. The molecule has 0 radical (unpaired) electrons. The van der Waals surface area contributed by atoms with Crippen LogP contribution in [-0.2, 0) is 5.41 Å². The van der Waals surface area contributed by atoms with Gasteiger partial charge < -0.3 is 9.47 Å². The van der Waals surface area contributed by atoms with Gasteiger partial charge in [0, 0.05) is 38.9 Å². The Morgan fingerprint density at radius 2 is 1.25 bits per heavy atom. The van der Waals surface area contributed by atoms with E-state index in [1.54, 1.807) is 0 Å². The van der Waals surface area contributed by atoms with Crippen molar-refractivity contribution in [2.45, 2.75) is 44.9 Å². The predicted octanol–water partition coefficient (Wildman–Crippen LogP) is 15.7. The summed E-state index contributed by atoms with van der Waals surface area (Å²) in [6.45, 7) is 4.78. The van der Waals surface area contributed by atoms with Crippen molar-refractivity contribution in [2.24, 2.45) is 11.8 Å². The number of aromatic nitrogens is 1. The van der Waals surface area contributed by atoms with Crippen LogP contribution in [0.4, 0.5) is 17.1 Å². The summed E-state index contributed by atoms with van der Waals surface area (Å²) in [5.41, 5.74) is 15.1. The number of para-hydroxylation sites is 2. The third-order valence-corrected chi connectivity index (χ3v) is 13.5. The molecule has 0 aliphatic heterocycles. The molecule has 286 valence electrons. The molecular weight excluding hydrogens is 713 g/mol. The Morgan fingerprint density at radius 1 is 0.576 bits per heavy atom. The second-order valence-electron chi connectivity index (χ2n) is 16.9. The van der Waals surface area contributed by atoms with Crippen molar-refractivity contribution in [3.05, 3.63) is 205 Å². The average molecular weight is 761 g/mol. The van der Waals surface area contributed by atoms with Crippen LogP contribution in [-0.4, -0.2) is 4.57 Å². The van der Waals surface area contributed by atoms with Crippen LogP contribution in [0.2, 0.25) is 0 Å². The van der Waals surface area contributed by atoms with Crippen LogP contribution in [0.5, 0.6) is 0 Å². The van der Waals surface area contributed by atoms with Gasteiger partial charge in [-0.15, -0.1) is 0 Å². The Balaban J connectivity index is 1.06. The lowest BCUT2D eigenvalue weighted by atomic mass is 9.70. The van der Waals surface area contributed by atoms with Crippen LogP contribution in [0.25, 0.3) is 60.5 Å². The molecule has 0 N–H and O–H groups in total. The van der Waals surface area contributed by atoms with E-state index in [9.17, 15) is 0 Å². The summed E-state index contributed by atoms with van der Waals surface area (Å²) in [4.78, 5) is 2.42.